The number of aliphatic carboxylic acids is 1. The average molecular weight is 521 g/mol. The van der Waals surface area contributed by atoms with E-state index in [1.165, 1.54) is 12.1 Å². The minimum absolute atomic E-state index is 0.00122. The normalized spacial score (nSPS) is 13.0. The van der Waals surface area contributed by atoms with E-state index in [1.54, 1.807) is 47.4 Å². The van der Waals surface area contributed by atoms with Gasteiger partial charge in [0.25, 0.3) is 10.0 Å². The lowest BCUT2D eigenvalue weighted by molar-refractivity contribution is -0.136. The number of hydrogen-bond donors (Lipinski definition) is 4. The fraction of sp³-hybridized carbons (Fsp3) is 0.222. The summed E-state index contributed by atoms with van der Waals surface area (Å²) in [6.45, 7) is 0.586. The van der Waals surface area contributed by atoms with Crippen molar-refractivity contribution in [1.82, 2.24) is 0 Å². The predicted octanol–water partition coefficient (Wildman–Crippen LogP) is 3.31. The zero-order chi connectivity index (χ0) is 26.6. The molecule has 3 aromatic rings. The Hall–Kier alpha value is -4.18. The van der Waals surface area contributed by atoms with Crippen LogP contribution in [-0.4, -0.2) is 37.8 Å². The van der Waals surface area contributed by atoms with Crippen molar-refractivity contribution in [2.24, 2.45) is 5.73 Å². The van der Waals surface area contributed by atoms with Crippen molar-refractivity contribution in [2.75, 3.05) is 16.2 Å². The Morgan fingerprint density at radius 2 is 1.78 bits per heavy atom. The van der Waals surface area contributed by atoms with Crippen LogP contribution in [0.25, 0.3) is 0 Å². The molecule has 0 saturated carbocycles. The van der Waals surface area contributed by atoms with Crippen LogP contribution >= 0.6 is 0 Å². The van der Waals surface area contributed by atoms with Gasteiger partial charge in [0, 0.05) is 29.9 Å². The van der Waals surface area contributed by atoms with Gasteiger partial charge in [-0.2, -0.15) is 0 Å². The van der Waals surface area contributed by atoms with Gasteiger partial charge in [0.1, 0.15) is 5.84 Å². The molecule has 1 aliphatic rings. The summed E-state index contributed by atoms with van der Waals surface area (Å²) in [5.74, 6) is -1.14. The Labute approximate surface area is 215 Å². The number of nitrogens with zero attached hydrogens (tertiary/aromatic N) is 1. The summed E-state index contributed by atoms with van der Waals surface area (Å²) in [6.07, 6.45) is 1.92. The highest BCUT2D eigenvalue weighted by Gasteiger charge is 2.24. The number of nitrogens with two attached hydrogens (primary N) is 1. The van der Waals surface area contributed by atoms with Crippen molar-refractivity contribution in [3.05, 3.63) is 89.0 Å². The second-order valence-electron chi connectivity index (χ2n) is 8.89. The van der Waals surface area contributed by atoms with E-state index >= 15 is 0 Å². The molecule has 0 atom stereocenters. The van der Waals surface area contributed by atoms with Gasteiger partial charge in [-0.05, 0) is 60.2 Å². The van der Waals surface area contributed by atoms with Crippen molar-refractivity contribution in [3.63, 3.8) is 0 Å². The summed E-state index contributed by atoms with van der Waals surface area (Å²) >= 11 is 0. The van der Waals surface area contributed by atoms with Crippen molar-refractivity contribution < 1.29 is 23.1 Å². The van der Waals surface area contributed by atoms with Gasteiger partial charge in [-0.1, -0.05) is 42.5 Å². The topological polar surface area (TPSA) is 154 Å². The molecular formula is C27H28N4O5S. The van der Waals surface area contributed by atoms with Crippen LogP contribution in [0.3, 0.4) is 0 Å². The summed E-state index contributed by atoms with van der Waals surface area (Å²) in [5.41, 5.74) is 9.28. The maximum atomic E-state index is 13.0. The molecule has 1 aliphatic heterocycles. The number of hydrogen-bond acceptors (Lipinski definition) is 5. The van der Waals surface area contributed by atoms with Crippen molar-refractivity contribution in [3.8, 4) is 0 Å². The number of carbonyl (C=O) groups is 2. The molecule has 1 amide bonds. The van der Waals surface area contributed by atoms with Gasteiger partial charge in [0.05, 0.1) is 11.3 Å². The number of amidine groups is 1. The first-order valence-electron chi connectivity index (χ1n) is 11.8. The molecule has 4 rings (SSSR count). The first kappa shape index (κ1) is 25.9. The standard InChI is InChI=1S/C27H28N4O5S/c28-27(29)19-10-7-18(8-11-19)9-14-25(32)31-15-3-5-20-16-22(12-13-23(20)31)30-37(35,36)24-6-2-1-4-21(24)17-26(33)34/h1-2,4,6-8,10-13,16,30H,3,5,9,14-15,17H2,(H3,28,29)(H,33,34). The van der Waals surface area contributed by atoms with Crippen molar-refractivity contribution in [2.45, 2.75) is 37.0 Å². The number of benzene rings is 3. The maximum Gasteiger partial charge on any atom is 0.307 e. The van der Waals surface area contributed by atoms with Crippen molar-refractivity contribution in [1.29, 1.82) is 5.41 Å². The van der Waals surface area contributed by atoms with Gasteiger partial charge in [0.2, 0.25) is 5.91 Å². The third-order valence-electron chi connectivity index (χ3n) is 6.25. The molecule has 0 aliphatic carbocycles. The van der Waals surface area contributed by atoms with Crippen LogP contribution in [0.1, 0.15) is 35.1 Å². The Bertz CT molecular complexity index is 1450. The first-order valence-corrected chi connectivity index (χ1v) is 13.3. The molecule has 5 N–H and O–H groups in total. The summed E-state index contributed by atoms with van der Waals surface area (Å²) in [6, 6.07) is 18.4. The maximum absolute atomic E-state index is 13.0. The molecular weight excluding hydrogens is 492 g/mol. The number of carboxylic acid groups (broad SMARTS) is 1. The molecule has 0 unspecified atom stereocenters. The molecule has 1 heterocycles. The van der Waals surface area contributed by atoms with Crippen LogP contribution in [0.4, 0.5) is 11.4 Å². The summed E-state index contributed by atoms with van der Waals surface area (Å²) in [5, 5.41) is 16.6. The highest BCUT2D eigenvalue weighted by atomic mass is 32.2. The Morgan fingerprint density at radius 3 is 2.49 bits per heavy atom. The lowest BCUT2D eigenvalue weighted by Crippen LogP contribution is -2.35. The number of nitrogens with one attached hydrogen (secondary N) is 2. The van der Waals surface area contributed by atoms with E-state index in [9.17, 15) is 18.0 Å². The monoisotopic (exact) mass is 520 g/mol. The number of amides is 1. The number of rotatable bonds is 9. The fourth-order valence-electron chi connectivity index (χ4n) is 4.44. The second kappa shape index (κ2) is 10.8. The largest absolute Gasteiger partial charge is 0.481 e. The summed E-state index contributed by atoms with van der Waals surface area (Å²) in [7, 11) is -4.01. The molecule has 0 aromatic heterocycles. The lowest BCUT2D eigenvalue weighted by atomic mass is 10.00. The fourth-order valence-corrected chi connectivity index (χ4v) is 5.73. The Balaban J connectivity index is 1.48. The van der Waals surface area contributed by atoms with Gasteiger partial charge in [-0.25, -0.2) is 8.42 Å². The van der Waals surface area contributed by atoms with E-state index in [0.29, 0.717) is 37.1 Å². The molecule has 9 nitrogen and oxygen atoms in total. The van der Waals surface area contributed by atoms with Gasteiger partial charge >= 0.3 is 5.97 Å². The molecule has 0 radical (unpaired) electrons. The minimum atomic E-state index is -4.01. The number of nitrogen functional groups attached to an aromatic ring is 1. The second-order valence-corrected chi connectivity index (χ2v) is 10.5. The van der Waals surface area contributed by atoms with Crippen LogP contribution in [0.2, 0.25) is 0 Å². The number of aryl methyl sites for hydroxylation is 2. The molecule has 0 bridgehead atoms. The molecule has 0 fully saturated rings. The van der Waals surface area contributed by atoms with Crippen LogP contribution in [0, 0.1) is 5.41 Å². The van der Waals surface area contributed by atoms with E-state index < -0.39 is 22.4 Å². The third-order valence-corrected chi connectivity index (χ3v) is 7.73. The summed E-state index contributed by atoms with van der Waals surface area (Å²) < 4.78 is 28.6. The Kier molecular flexibility index (Phi) is 7.58. The first-order chi connectivity index (χ1) is 17.6. The molecule has 37 heavy (non-hydrogen) atoms. The number of carbonyl (C=O) groups excluding carboxylic acids is 1. The molecule has 0 saturated heterocycles. The smallest absolute Gasteiger partial charge is 0.307 e. The van der Waals surface area contributed by atoms with Crippen molar-refractivity contribution >= 4 is 39.1 Å². The van der Waals surface area contributed by atoms with Crippen LogP contribution in [0.5, 0.6) is 0 Å². The SMILES string of the molecule is N=C(N)c1ccc(CCC(=O)N2CCCc3cc(NS(=O)(=O)c4ccccc4CC(=O)O)ccc32)cc1. The zero-order valence-corrected chi connectivity index (χ0v) is 20.9. The van der Waals surface area contributed by atoms with E-state index in [-0.39, 0.29) is 22.2 Å². The number of carboxylic acids is 1. The van der Waals surface area contributed by atoms with Gasteiger partial charge in [-0.3, -0.25) is 19.7 Å². The molecule has 10 heteroatoms. The van der Waals surface area contributed by atoms with Crippen LogP contribution in [-0.2, 0) is 38.9 Å². The molecule has 0 spiro atoms. The number of sulfonamides is 1. The quantitative estimate of drug-likeness (QED) is 0.251. The van der Waals surface area contributed by atoms with Gasteiger partial charge < -0.3 is 15.7 Å². The Morgan fingerprint density at radius 1 is 1.05 bits per heavy atom. The summed E-state index contributed by atoms with van der Waals surface area (Å²) in [4.78, 5) is 25.9. The lowest BCUT2D eigenvalue weighted by Gasteiger charge is -2.30. The van der Waals surface area contributed by atoms with Crippen LogP contribution < -0.4 is 15.4 Å². The molecule has 192 valence electrons. The molecule has 3 aromatic carbocycles. The zero-order valence-electron chi connectivity index (χ0n) is 20.1. The van der Waals surface area contributed by atoms with E-state index in [2.05, 4.69) is 4.72 Å². The third kappa shape index (κ3) is 6.15. The highest BCUT2D eigenvalue weighted by Crippen LogP contribution is 2.31. The van der Waals surface area contributed by atoms with Crippen LogP contribution in [0.15, 0.2) is 71.6 Å². The van der Waals surface area contributed by atoms with E-state index in [0.717, 1.165) is 23.2 Å². The number of anilines is 2. The highest BCUT2D eigenvalue weighted by molar-refractivity contribution is 7.92. The van der Waals surface area contributed by atoms with Gasteiger partial charge in [-0.15, -0.1) is 0 Å². The minimum Gasteiger partial charge on any atom is -0.481 e. The van der Waals surface area contributed by atoms with E-state index in [4.69, 9.17) is 16.2 Å². The predicted molar refractivity (Wildman–Crippen MR) is 141 cm³/mol. The average Bonchev–Trinajstić information content (AvgIpc) is 2.86. The number of fused-ring (bicyclic) bond motifs is 1. The van der Waals surface area contributed by atoms with E-state index in [1.807, 2.05) is 12.1 Å². The van der Waals surface area contributed by atoms with Gasteiger partial charge in [0.15, 0.2) is 0 Å².